The molecule has 0 fully saturated rings. The summed E-state index contributed by atoms with van der Waals surface area (Å²) in [6, 6.07) is 34.6. The van der Waals surface area contributed by atoms with Gasteiger partial charge < -0.3 is 0 Å². The van der Waals surface area contributed by atoms with Crippen molar-refractivity contribution in [2.24, 2.45) is 0 Å². The van der Waals surface area contributed by atoms with Crippen LogP contribution < -0.4 is 0 Å². The van der Waals surface area contributed by atoms with Crippen LogP contribution >= 0.6 is 0 Å². The topological polar surface area (TPSA) is 34.1 Å². The van der Waals surface area contributed by atoms with Crippen molar-refractivity contribution in [3.8, 4) is 22.3 Å². The van der Waals surface area contributed by atoms with Gasteiger partial charge in [-0.25, -0.2) is 0 Å². The molecular formula is C36H30O2. The van der Waals surface area contributed by atoms with Gasteiger partial charge in [-0.3, -0.25) is 9.59 Å². The third-order valence-corrected chi connectivity index (χ3v) is 7.57. The van der Waals surface area contributed by atoms with Crippen LogP contribution in [-0.4, -0.2) is 11.6 Å². The first-order chi connectivity index (χ1) is 18.4. The highest BCUT2D eigenvalue weighted by molar-refractivity contribution is 6.09. The Morgan fingerprint density at radius 2 is 0.632 bits per heavy atom. The van der Waals surface area contributed by atoms with Crippen molar-refractivity contribution in [3.63, 3.8) is 0 Å². The molecule has 5 aromatic carbocycles. The van der Waals surface area contributed by atoms with E-state index in [0.717, 1.165) is 11.1 Å². The molecule has 0 aliphatic heterocycles. The Morgan fingerprint density at radius 3 is 0.921 bits per heavy atom. The predicted molar refractivity (Wildman–Crippen MR) is 156 cm³/mol. The molecule has 0 N–H and O–H groups in total. The average Bonchev–Trinajstić information content (AvgIpc) is 2.97. The summed E-state index contributed by atoms with van der Waals surface area (Å²) < 4.78 is 0. The van der Waals surface area contributed by atoms with E-state index < -0.39 is 0 Å². The maximum Gasteiger partial charge on any atom is 0.193 e. The molecule has 2 heteroatoms. The highest BCUT2D eigenvalue weighted by Gasteiger charge is 2.18. The molecule has 0 radical (unpaired) electrons. The van der Waals surface area contributed by atoms with Gasteiger partial charge in [0.25, 0.3) is 0 Å². The van der Waals surface area contributed by atoms with Gasteiger partial charge in [-0.1, -0.05) is 109 Å². The zero-order valence-corrected chi connectivity index (χ0v) is 22.2. The van der Waals surface area contributed by atoms with Crippen LogP contribution in [0.5, 0.6) is 0 Å². The lowest BCUT2D eigenvalue weighted by atomic mass is 9.83. The molecule has 0 heterocycles. The lowest BCUT2D eigenvalue weighted by Crippen LogP contribution is -2.03. The second-order valence-corrected chi connectivity index (χ2v) is 9.79. The molecule has 38 heavy (non-hydrogen) atoms. The maximum atomic E-state index is 12.9. The van der Waals surface area contributed by atoms with Crippen LogP contribution in [0.2, 0.25) is 0 Å². The molecule has 5 rings (SSSR count). The monoisotopic (exact) mass is 494 g/mol. The molecule has 0 aliphatic carbocycles. The molecule has 0 unspecified atom stereocenters. The van der Waals surface area contributed by atoms with Crippen molar-refractivity contribution < 1.29 is 9.59 Å². The van der Waals surface area contributed by atoms with E-state index in [1.54, 1.807) is 0 Å². The standard InChI is InChI=1S/C36H30O2/c1-23-24(2)34(28-17-21-32(22-18-28)36(38)30-13-9-6-10-14-30)26(4)25(3)33(23)27-15-19-31(20-16-27)35(37)29-11-7-5-8-12-29/h5-22H,1-4H3. The largest absolute Gasteiger partial charge is 0.289 e. The van der Waals surface area contributed by atoms with E-state index in [1.807, 2.05) is 109 Å². The molecule has 2 nitrogen and oxygen atoms in total. The molecule has 0 aliphatic rings. The zero-order chi connectivity index (χ0) is 26.8. The Labute approximate surface area is 224 Å². The van der Waals surface area contributed by atoms with Crippen molar-refractivity contribution in [3.05, 3.63) is 154 Å². The highest BCUT2D eigenvalue weighted by Crippen LogP contribution is 2.39. The number of carbonyl (C=O) groups excluding carboxylic acids is 2. The normalized spacial score (nSPS) is 10.8. The number of hydrogen-bond acceptors (Lipinski definition) is 2. The van der Waals surface area contributed by atoms with Crippen LogP contribution in [0.4, 0.5) is 0 Å². The smallest absolute Gasteiger partial charge is 0.193 e. The molecule has 0 spiro atoms. The summed E-state index contributed by atoms with van der Waals surface area (Å²) in [5.74, 6) is 0.0602. The fourth-order valence-electron chi connectivity index (χ4n) is 5.27. The Hall–Kier alpha value is -4.56. The van der Waals surface area contributed by atoms with Crippen molar-refractivity contribution in [2.75, 3.05) is 0 Å². The minimum Gasteiger partial charge on any atom is -0.289 e. The summed E-state index contributed by atoms with van der Waals surface area (Å²) in [6.07, 6.45) is 0. The Balaban J connectivity index is 1.48. The van der Waals surface area contributed by atoms with Crippen molar-refractivity contribution in [2.45, 2.75) is 27.7 Å². The van der Waals surface area contributed by atoms with Gasteiger partial charge in [0, 0.05) is 22.3 Å². The van der Waals surface area contributed by atoms with Crippen molar-refractivity contribution in [1.82, 2.24) is 0 Å². The predicted octanol–water partition coefficient (Wildman–Crippen LogP) is 8.72. The Kier molecular flexibility index (Phi) is 6.89. The van der Waals surface area contributed by atoms with E-state index in [0.29, 0.717) is 22.3 Å². The average molecular weight is 495 g/mol. The van der Waals surface area contributed by atoms with Gasteiger partial charge in [-0.05, 0) is 72.2 Å². The van der Waals surface area contributed by atoms with Gasteiger partial charge in [0.05, 0.1) is 0 Å². The lowest BCUT2D eigenvalue weighted by Gasteiger charge is -2.21. The van der Waals surface area contributed by atoms with Crippen LogP contribution in [-0.2, 0) is 0 Å². The molecule has 0 saturated carbocycles. The highest BCUT2D eigenvalue weighted by atomic mass is 16.1. The SMILES string of the molecule is Cc1c(C)c(-c2ccc(C(=O)c3ccccc3)cc2)c(C)c(C)c1-c1ccc(C(=O)c2ccccc2)cc1. The van der Waals surface area contributed by atoms with Crippen molar-refractivity contribution in [1.29, 1.82) is 0 Å². The number of hydrogen-bond donors (Lipinski definition) is 0. The number of ketones is 2. The van der Waals surface area contributed by atoms with Crippen LogP contribution in [0.3, 0.4) is 0 Å². The number of benzene rings is 5. The van der Waals surface area contributed by atoms with E-state index in [1.165, 1.54) is 33.4 Å². The summed E-state index contributed by atoms with van der Waals surface area (Å²) in [7, 11) is 0. The second-order valence-electron chi connectivity index (χ2n) is 9.79. The minimum atomic E-state index is 0.0301. The Morgan fingerprint density at radius 1 is 0.368 bits per heavy atom. The first kappa shape index (κ1) is 25.1. The van der Waals surface area contributed by atoms with Crippen LogP contribution in [0.1, 0.15) is 54.1 Å². The molecule has 5 aromatic rings. The summed E-state index contributed by atoms with van der Waals surface area (Å²) >= 11 is 0. The van der Waals surface area contributed by atoms with Gasteiger partial charge >= 0.3 is 0 Å². The Bertz CT molecular complexity index is 1470. The van der Waals surface area contributed by atoms with E-state index in [9.17, 15) is 9.59 Å². The first-order valence-corrected chi connectivity index (χ1v) is 12.9. The van der Waals surface area contributed by atoms with Crippen LogP contribution in [0, 0.1) is 27.7 Å². The van der Waals surface area contributed by atoms with Crippen LogP contribution in [0.15, 0.2) is 109 Å². The maximum absolute atomic E-state index is 12.9. The summed E-state index contributed by atoms with van der Waals surface area (Å²) in [5, 5.41) is 0. The summed E-state index contributed by atoms with van der Waals surface area (Å²) in [6.45, 7) is 8.65. The van der Waals surface area contributed by atoms with Gasteiger partial charge in [0.15, 0.2) is 11.6 Å². The molecule has 0 bridgehead atoms. The van der Waals surface area contributed by atoms with Crippen LogP contribution in [0.25, 0.3) is 22.3 Å². The fourth-order valence-corrected chi connectivity index (χ4v) is 5.27. The van der Waals surface area contributed by atoms with E-state index in [2.05, 4.69) is 27.7 Å². The van der Waals surface area contributed by atoms with E-state index in [4.69, 9.17) is 0 Å². The third kappa shape index (κ3) is 4.62. The van der Waals surface area contributed by atoms with Gasteiger partial charge in [-0.2, -0.15) is 0 Å². The second kappa shape index (κ2) is 10.4. The zero-order valence-electron chi connectivity index (χ0n) is 22.2. The summed E-state index contributed by atoms with van der Waals surface area (Å²) in [4.78, 5) is 25.7. The number of carbonyl (C=O) groups is 2. The van der Waals surface area contributed by atoms with E-state index in [-0.39, 0.29) is 11.6 Å². The number of rotatable bonds is 6. The molecule has 0 atom stereocenters. The molecule has 186 valence electrons. The molecular weight excluding hydrogens is 464 g/mol. The van der Waals surface area contributed by atoms with Crippen molar-refractivity contribution >= 4 is 11.6 Å². The van der Waals surface area contributed by atoms with Gasteiger partial charge in [0.2, 0.25) is 0 Å². The molecule has 0 saturated heterocycles. The summed E-state index contributed by atoms with van der Waals surface area (Å²) in [5.41, 5.74) is 12.2. The lowest BCUT2D eigenvalue weighted by molar-refractivity contribution is 0.103. The van der Waals surface area contributed by atoms with Gasteiger partial charge in [0.1, 0.15) is 0 Å². The minimum absolute atomic E-state index is 0.0301. The quantitative estimate of drug-likeness (QED) is 0.221. The molecule has 0 amide bonds. The van der Waals surface area contributed by atoms with E-state index >= 15 is 0 Å². The first-order valence-electron chi connectivity index (χ1n) is 12.9. The third-order valence-electron chi connectivity index (χ3n) is 7.57. The fraction of sp³-hybridized carbons (Fsp3) is 0.111. The molecule has 0 aromatic heterocycles. The van der Waals surface area contributed by atoms with Gasteiger partial charge in [-0.15, -0.1) is 0 Å².